The summed E-state index contributed by atoms with van der Waals surface area (Å²) in [6.07, 6.45) is 4.30. The first-order chi connectivity index (χ1) is 8.26. The van der Waals surface area contributed by atoms with Crippen LogP contribution in [0.15, 0.2) is 24.3 Å². The maximum Gasteiger partial charge on any atom is 0.0787 e. The average molecular weight is 233 g/mol. The number of anilines is 1. The van der Waals surface area contributed by atoms with Gasteiger partial charge in [0.15, 0.2) is 0 Å². The highest BCUT2D eigenvalue weighted by Crippen LogP contribution is 2.28. The van der Waals surface area contributed by atoms with E-state index >= 15 is 0 Å². The second-order valence-corrected chi connectivity index (χ2v) is 4.91. The number of aliphatic hydroxyl groups is 1. The second kappa shape index (κ2) is 5.54. The van der Waals surface area contributed by atoms with Gasteiger partial charge in [-0.05, 0) is 43.4 Å². The van der Waals surface area contributed by atoms with Gasteiger partial charge in [-0.15, -0.1) is 0 Å². The first-order valence-electron chi connectivity index (χ1n) is 6.81. The third-order valence-electron chi connectivity index (χ3n) is 3.84. The fourth-order valence-electron chi connectivity index (χ4n) is 2.72. The van der Waals surface area contributed by atoms with Gasteiger partial charge in [-0.2, -0.15) is 0 Å². The molecule has 1 heterocycles. The quantitative estimate of drug-likeness (QED) is 0.860. The van der Waals surface area contributed by atoms with Crippen molar-refractivity contribution in [2.75, 3.05) is 11.4 Å². The molecule has 1 aromatic carbocycles. The Bertz CT molecular complexity index is 346. The molecule has 0 bridgehead atoms. The van der Waals surface area contributed by atoms with Crippen LogP contribution in [0.4, 0.5) is 5.69 Å². The molecule has 1 aliphatic heterocycles. The summed E-state index contributed by atoms with van der Waals surface area (Å²) in [5, 5.41) is 9.77. The Morgan fingerprint density at radius 2 is 2.00 bits per heavy atom. The van der Waals surface area contributed by atoms with Crippen molar-refractivity contribution >= 4 is 5.69 Å². The maximum atomic E-state index is 9.77. The lowest BCUT2D eigenvalue weighted by atomic mass is 10.1. The van der Waals surface area contributed by atoms with Crippen molar-refractivity contribution in [1.29, 1.82) is 0 Å². The predicted molar refractivity (Wildman–Crippen MR) is 72.4 cm³/mol. The molecule has 1 aromatic rings. The molecule has 0 aromatic heterocycles. The van der Waals surface area contributed by atoms with Gasteiger partial charge in [0.25, 0.3) is 0 Å². The van der Waals surface area contributed by atoms with Crippen molar-refractivity contribution in [2.24, 2.45) is 0 Å². The van der Waals surface area contributed by atoms with E-state index in [1.807, 2.05) is 6.92 Å². The first kappa shape index (κ1) is 12.4. The number of benzene rings is 1. The van der Waals surface area contributed by atoms with Crippen LogP contribution in [-0.2, 0) is 0 Å². The number of hydrogen-bond donors (Lipinski definition) is 1. The molecule has 1 saturated heterocycles. The van der Waals surface area contributed by atoms with Crippen molar-refractivity contribution in [3.05, 3.63) is 29.8 Å². The minimum Gasteiger partial charge on any atom is -0.388 e. The van der Waals surface area contributed by atoms with E-state index in [-0.39, 0.29) is 6.10 Å². The standard InChI is InChI=1S/C15H23NO/c1-3-13-6-5-11-16(13)14-9-7-12(8-10-14)15(17)4-2/h7-10,13,15,17H,3-6,11H2,1-2H3/t13?,15-/m0/s1. The van der Waals surface area contributed by atoms with Crippen LogP contribution in [0.2, 0.25) is 0 Å². The van der Waals surface area contributed by atoms with Crippen LogP contribution in [0.5, 0.6) is 0 Å². The van der Waals surface area contributed by atoms with Gasteiger partial charge in [-0.3, -0.25) is 0 Å². The Balaban J connectivity index is 2.12. The van der Waals surface area contributed by atoms with Crippen LogP contribution in [0.1, 0.15) is 51.2 Å². The highest BCUT2D eigenvalue weighted by Gasteiger charge is 2.22. The summed E-state index contributed by atoms with van der Waals surface area (Å²) in [4.78, 5) is 2.50. The summed E-state index contributed by atoms with van der Waals surface area (Å²) in [5.41, 5.74) is 2.34. The normalized spacial score (nSPS) is 21.8. The zero-order valence-corrected chi connectivity index (χ0v) is 10.9. The Kier molecular flexibility index (Phi) is 4.06. The van der Waals surface area contributed by atoms with Gasteiger partial charge in [-0.1, -0.05) is 26.0 Å². The SMILES string of the molecule is CCC1CCCN1c1ccc([C@@H](O)CC)cc1. The summed E-state index contributed by atoms with van der Waals surface area (Å²) in [5.74, 6) is 0. The van der Waals surface area contributed by atoms with E-state index in [4.69, 9.17) is 0 Å². The van der Waals surface area contributed by atoms with Crippen LogP contribution in [0.3, 0.4) is 0 Å². The summed E-state index contributed by atoms with van der Waals surface area (Å²) in [6, 6.07) is 9.14. The zero-order chi connectivity index (χ0) is 12.3. The minimum atomic E-state index is -0.315. The van der Waals surface area contributed by atoms with Gasteiger partial charge in [0.1, 0.15) is 0 Å². The smallest absolute Gasteiger partial charge is 0.0787 e. The third-order valence-corrected chi connectivity index (χ3v) is 3.84. The number of nitrogens with zero attached hydrogens (tertiary/aromatic N) is 1. The Labute approximate surface area is 104 Å². The number of hydrogen-bond acceptors (Lipinski definition) is 2. The first-order valence-corrected chi connectivity index (χ1v) is 6.81. The highest BCUT2D eigenvalue weighted by molar-refractivity contribution is 5.49. The predicted octanol–water partition coefficient (Wildman–Crippen LogP) is 3.51. The molecule has 2 rings (SSSR count). The van der Waals surface area contributed by atoms with Crippen molar-refractivity contribution < 1.29 is 5.11 Å². The topological polar surface area (TPSA) is 23.5 Å². The lowest BCUT2D eigenvalue weighted by molar-refractivity contribution is 0.173. The van der Waals surface area contributed by atoms with Crippen molar-refractivity contribution in [3.8, 4) is 0 Å². The van der Waals surface area contributed by atoms with E-state index in [0.717, 1.165) is 12.0 Å². The van der Waals surface area contributed by atoms with Crippen molar-refractivity contribution in [2.45, 2.75) is 51.7 Å². The van der Waals surface area contributed by atoms with E-state index < -0.39 is 0 Å². The molecule has 1 unspecified atom stereocenters. The molecule has 1 N–H and O–H groups in total. The van der Waals surface area contributed by atoms with E-state index in [9.17, 15) is 5.11 Å². The molecule has 0 amide bonds. The Hall–Kier alpha value is -1.02. The summed E-state index contributed by atoms with van der Waals surface area (Å²) < 4.78 is 0. The van der Waals surface area contributed by atoms with E-state index in [1.165, 1.54) is 31.5 Å². The fraction of sp³-hybridized carbons (Fsp3) is 0.600. The maximum absolute atomic E-state index is 9.77. The molecule has 17 heavy (non-hydrogen) atoms. The average Bonchev–Trinajstić information content (AvgIpc) is 2.86. The third kappa shape index (κ3) is 2.63. The van der Waals surface area contributed by atoms with Gasteiger partial charge in [0, 0.05) is 18.3 Å². The number of aliphatic hydroxyl groups excluding tert-OH is 1. The molecule has 0 spiro atoms. The van der Waals surface area contributed by atoms with Crippen LogP contribution in [-0.4, -0.2) is 17.7 Å². The molecule has 1 fully saturated rings. The lowest BCUT2D eigenvalue weighted by Crippen LogP contribution is -2.28. The van der Waals surface area contributed by atoms with Crippen molar-refractivity contribution in [1.82, 2.24) is 0 Å². The molecule has 1 aliphatic rings. The van der Waals surface area contributed by atoms with Crippen LogP contribution in [0.25, 0.3) is 0 Å². The van der Waals surface area contributed by atoms with Crippen LogP contribution in [0, 0.1) is 0 Å². The van der Waals surface area contributed by atoms with Crippen molar-refractivity contribution in [3.63, 3.8) is 0 Å². The number of rotatable bonds is 4. The van der Waals surface area contributed by atoms with Gasteiger partial charge < -0.3 is 10.0 Å². The van der Waals surface area contributed by atoms with Crippen LogP contribution >= 0.6 is 0 Å². The molecule has 0 aliphatic carbocycles. The van der Waals surface area contributed by atoms with Gasteiger partial charge in [0.05, 0.1) is 6.10 Å². The van der Waals surface area contributed by atoms with Gasteiger partial charge in [0.2, 0.25) is 0 Å². The molecule has 2 nitrogen and oxygen atoms in total. The molecular formula is C15H23NO. The van der Waals surface area contributed by atoms with E-state index in [0.29, 0.717) is 6.04 Å². The van der Waals surface area contributed by atoms with Gasteiger partial charge in [-0.25, -0.2) is 0 Å². The monoisotopic (exact) mass is 233 g/mol. The molecule has 2 atom stereocenters. The van der Waals surface area contributed by atoms with E-state index in [2.05, 4.69) is 36.1 Å². The lowest BCUT2D eigenvalue weighted by Gasteiger charge is -2.26. The van der Waals surface area contributed by atoms with Gasteiger partial charge >= 0.3 is 0 Å². The molecule has 2 heteroatoms. The molecular weight excluding hydrogens is 210 g/mol. The Morgan fingerprint density at radius 3 is 2.59 bits per heavy atom. The minimum absolute atomic E-state index is 0.315. The summed E-state index contributed by atoms with van der Waals surface area (Å²) >= 11 is 0. The fourth-order valence-corrected chi connectivity index (χ4v) is 2.72. The molecule has 94 valence electrons. The Morgan fingerprint density at radius 1 is 1.29 bits per heavy atom. The molecule has 0 saturated carbocycles. The highest BCUT2D eigenvalue weighted by atomic mass is 16.3. The van der Waals surface area contributed by atoms with E-state index in [1.54, 1.807) is 0 Å². The van der Waals surface area contributed by atoms with Crippen LogP contribution < -0.4 is 4.90 Å². The second-order valence-electron chi connectivity index (χ2n) is 4.91. The zero-order valence-electron chi connectivity index (χ0n) is 10.9. The summed E-state index contributed by atoms with van der Waals surface area (Å²) in [6.45, 7) is 5.44. The largest absolute Gasteiger partial charge is 0.388 e. The summed E-state index contributed by atoms with van der Waals surface area (Å²) in [7, 11) is 0. The molecule has 0 radical (unpaired) electrons.